The maximum absolute atomic E-state index is 11.3. The van der Waals surface area contributed by atoms with Gasteiger partial charge in [-0.15, -0.1) is 0 Å². The maximum Gasteiger partial charge on any atom is 0.343 e. The number of carboxylic acids is 1. The topological polar surface area (TPSA) is 147 Å². The summed E-state index contributed by atoms with van der Waals surface area (Å²) in [6.45, 7) is 0.0371. The average molecular weight is 298 g/mol. The minimum atomic E-state index is -1.50. The lowest BCUT2D eigenvalue weighted by Crippen LogP contribution is -2.13. The number of nitrogens with two attached hydrogens (primary N) is 1. The van der Waals surface area contributed by atoms with Crippen LogP contribution in [-0.4, -0.2) is 32.8 Å². The predicted octanol–water partition coefficient (Wildman–Crippen LogP) is 1.46. The number of unbranched alkanes of at least 4 members (excludes halogenated alkanes) is 2. The van der Waals surface area contributed by atoms with Crippen molar-refractivity contribution in [2.24, 2.45) is 0 Å². The van der Waals surface area contributed by atoms with Crippen LogP contribution < -0.4 is 5.73 Å². The quantitative estimate of drug-likeness (QED) is 0.246. The molecule has 1 aromatic rings. The Bertz CT molecular complexity index is 532. The van der Waals surface area contributed by atoms with Crippen molar-refractivity contribution in [1.29, 1.82) is 0 Å². The lowest BCUT2D eigenvalue weighted by molar-refractivity contribution is -0.385. The molecule has 0 saturated heterocycles. The van der Waals surface area contributed by atoms with E-state index in [1.54, 1.807) is 0 Å². The SMILES string of the molecule is Nc1ccc([N+](=O)[O-])c(C(=O)O)c1C(O)CCCCCO. The zero-order valence-corrected chi connectivity index (χ0v) is 11.4. The lowest BCUT2D eigenvalue weighted by Gasteiger charge is -2.16. The summed E-state index contributed by atoms with van der Waals surface area (Å²) >= 11 is 0. The van der Waals surface area contributed by atoms with Gasteiger partial charge >= 0.3 is 5.97 Å². The molecule has 1 aromatic carbocycles. The summed E-state index contributed by atoms with van der Waals surface area (Å²) in [7, 11) is 0. The number of nitro benzene ring substituents is 1. The Hall–Kier alpha value is -2.19. The summed E-state index contributed by atoms with van der Waals surface area (Å²) in [6, 6.07) is 2.23. The second-order valence-corrected chi connectivity index (χ2v) is 4.61. The molecule has 0 aliphatic rings. The molecule has 8 nitrogen and oxygen atoms in total. The van der Waals surface area contributed by atoms with E-state index in [4.69, 9.17) is 10.8 Å². The maximum atomic E-state index is 11.3. The average Bonchev–Trinajstić information content (AvgIpc) is 2.42. The fourth-order valence-corrected chi connectivity index (χ4v) is 2.13. The number of aromatic carboxylic acids is 1. The summed E-state index contributed by atoms with van der Waals surface area (Å²) in [6.07, 6.45) is 0.789. The van der Waals surface area contributed by atoms with Gasteiger partial charge in [-0.3, -0.25) is 10.1 Å². The highest BCUT2D eigenvalue weighted by Gasteiger charge is 2.29. The molecule has 0 radical (unpaired) electrons. The van der Waals surface area contributed by atoms with E-state index in [1.807, 2.05) is 0 Å². The van der Waals surface area contributed by atoms with Crippen LogP contribution in [0.15, 0.2) is 12.1 Å². The molecule has 21 heavy (non-hydrogen) atoms. The molecular formula is C13H18N2O6. The van der Waals surface area contributed by atoms with Gasteiger partial charge in [-0.2, -0.15) is 0 Å². The summed E-state index contributed by atoms with van der Waals surface area (Å²) in [5.41, 5.74) is 4.39. The zero-order chi connectivity index (χ0) is 16.0. The van der Waals surface area contributed by atoms with Crippen molar-refractivity contribution in [3.05, 3.63) is 33.4 Å². The first-order valence-electron chi connectivity index (χ1n) is 6.49. The van der Waals surface area contributed by atoms with Crippen molar-refractivity contribution in [2.75, 3.05) is 12.3 Å². The third-order valence-corrected chi connectivity index (χ3v) is 3.14. The Balaban J connectivity index is 3.11. The molecule has 1 atom stereocenters. The number of rotatable bonds is 8. The van der Waals surface area contributed by atoms with Gasteiger partial charge in [0.25, 0.3) is 5.69 Å². The van der Waals surface area contributed by atoms with Crippen LogP contribution in [0.5, 0.6) is 0 Å². The first-order chi connectivity index (χ1) is 9.90. The van der Waals surface area contributed by atoms with E-state index in [-0.39, 0.29) is 24.3 Å². The smallest absolute Gasteiger partial charge is 0.343 e. The van der Waals surface area contributed by atoms with Crippen LogP contribution in [-0.2, 0) is 0 Å². The Morgan fingerprint density at radius 1 is 1.33 bits per heavy atom. The van der Waals surface area contributed by atoms with Gasteiger partial charge in [-0.25, -0.2) is 4.79 Å². The molecule has 116 valence electrons. The van der Waals surface area contributed by atoms with Crippen LogP contribution in [0.1, 0.15) is 47.7 Å². The first kappa shape index (κ1) is 16.9. The van der Waals surface area contributed by atoms with E-state index in [0.29, 0.717) is 19.3 Å². The Morgan fingerprint density at radius 3 is 2.52 bits per heavy atom. The molecule has 1 rings (SSSR count). The first-order valence-corrected chi connectivity index (χ1v) is 6.49. The Kier molecular flexibility index (Phi) is 6.07. The number of carboxylic acid groups (broad SMARTS) is 1. The normalized spacial score (nSPS) is 12.1. The number of aliphatic hydroxyl groups excluding tert-OH is 2. The number of hydrogen-bond acceptors (Lipinski definition) is 6. The molecule has 0 fully saturated rings. The number of carbonyl (C=O) groups is 1. The molecule has 0 aliphatic heterocycles. The molecule has 1 unspecified atom stereocenters. The highest BCUT2D eigenvalue weighted by atomic mass is 16.6. The minimum Gasteiger partial charge on any atom is -0.477 e. The molecule has 8 heteroatoms. The molecule has 0 aliphatic carbocycles. The lowest BCUT2D eigenvalue weighted by atomic mass is 9.95. The van der Waals surface area contributed by atoms with Crippen LogP contribution in [0, 0.1) is 10.1 Å². The molecule has 0 aromatic heterocycles. The number of anilines is 1. The van der Waals surface area contributed by atoms with Gasteiger partial charge in [-0.05, 0) is 18.9 Å². The monoisotopic (exact) mass is 298 g/mol. The molecular weight excluding hydrogens is 280 g/mol. The van der Waals surface area contributed by atoms with Gasteiger partial charge in [0.15, 0.2) is 0 Å². The summed E-state index contributed by atoms with van der Waals surface area (Å²) in [5, 5.41) is 38.9. The van der Waals surface area contributed by atoms with Crippen LogP contribution in [0.2, 0.25) is 0 Å². The highest BCUT2D eigenvalue weighted by molar-refractivity contribution is 5.96. The van der Waals surface area contributed by atoms with Crippen LogP contribution in [0.4, 0.5) is 11.4 Å². The van der Waals surface area contributed by atoms with Crippen molar-refractivity contribution in [3.63, 3.8) is 0 Å². The number of aliphatic hydroxyl groups is 2. The molecule has 0 bridgehead atoms. The second kappa shape index (κ2) is 7.55. The summed E-state index contributed by atoms with van der Waals surface area (Å²) in [4.78, 5) is 21.4. The van der Waals surface area contributed by atoms with Gasteiger partial charge in [0, 0.05) is 23.9 Å². The molecule has 0 amide bonds. The molecule has 0 spiro atoms. The van der Waals surface area contributed by atoms with Crippen molar-refractivity contribution in [3.8, 4) is 0 Å². The summed E-state index contributed by atoms with van der Waals surface area (Å²) in [5.74, 6) is -1.50. The minimum absolute atomic E-state index is 0.00709. The van der Waals surface area contributed by atoms with Gasteiger partial charge in [0.2, 0.25) is 0 Å². The number of benzene rings is 1. The van der Waals surface area contributed by atoms with E-state index in [9.17, 15) is 25.1 Å². The van der Waals surface area contributed by atoms with Crippen LogP contribution >= 0.6 is 0 Å². The van der Waals surface area contributed by atoms with Crippen LogP contribution in [0.25, 0.3) is 0 Å². The number of nitrogen functional groups attached to an aromatic ring is 1. The van der Waals surface area contributed by atoms with Crippen molar-refractivity contribution < 1.29 is 25.0 Å². The predicted molar refractivity (Wildman–Crippen MR) is 75.0 cm³/mol. The van der Waals surface area contributed by atoms with Gasteiger partial charge in [0.05, 0.1) is 11.0 Å². The largest absolute Gasteiger partial charge is 0.477 e. The van der Waals surface area contributed by atoms with E-state index in [0.717, 1.165) is 6.07 Å². The van der Waals surface area contributed by atoms with Gasteiger partial charge < -0.3 is 21.1 Å². The van der Waals surface area contributed by atoms with E-state index in [1.165, 1.54) is 6.07 Å². The number of hydrogen-bond donors (Lipinski definition) is 4. The van der Waals surface area contributed by atoms with Gasteiger partial charge in [0.1, 0.15) is 5.56 Å². The number of nitrogens with zero attached hydrogens (tertiary/aromatic N) is 1. The third kappa shape index (κ3) is 4.14. The van der Waals surface area contributed by atoms with Crippen molar-refractivity contribution in [1.82, 2.24) is 0 Å². The molecule has 0 heterocycles. The fourth-order valence-electron chi connectivity index (χ4n) is 2.13. The third-order valence-electron chi connectivity index (χ3n) is 3.14. The van der Waals surface area contributed by atoms with Crippen LogP contribution in [0.3, 0.4) is 0 Å². The van der Waals surface area contributed by atoms with E-state index >= 15 is 0 Å². The van der Waals surface area contributed by atoms with Crippen molar-refractivity contribution in [2.45, 2.75) is 31.8 Å². The summed E-state index contributed by atoms with van der Waals surface area (Å²) < 4.78 is 0. The molecule has 5 N–H and O–H groups in total. The second-order valence-electron chi connectivity index (χ2n) is 4.61. The van der Waals surface area contributed by atoms with E-state index in [2.05, 4.69) is 0 Å². The highest BCUT2D eigenvalue weighted by Crippen LogP contribution is 2.34. The van der Waals surface area contributed by atoms with E-state index < -0.39 is 28.2 Å². The van der Waals surface area contributed by atoms with Gasteiger partial charge in [-0.1, -0.05) is 12.8 Å². The Morgan fingerprint density at radius 2 is 2.00 bits per heavy atom. The number of nitro groups is 1. The standard InChI is InChI=1S/C13H18N2O6/c14-8-5-6-9(15(20)21)12(13(18)19)11(8)10(17)4-2-1-3-7-16/h5-6,10,16-17H,1-4,7,14H2,(H,18,19). The fraction of sp³-hybridized carbons (Fsp3) is 0.462. The Labute approximate surface area is 121 Å². The zero-order valence-electron chi connectivity index (χ0n) is 11.4. The molecule has 0 saturated carbocycles. The van der Waals surface area contributed by atoms with Crippen molar-refractivity contribution >= 4 is 17.3 Å².